The minimum absolute atomic E-state index is 0.0621. The largest absolute Gasteiger partial charge is 0.348 e. The van der Waals surface area contributed by atoms with Crippen LogP contribution in [-0.2, 0) is 16.1 Å². The van der Waals surface area contributed by atoms with Crippen molar-refractivity contribution in [3.05, 3.63) is 83.0 Å². The lowest BCUT2D eigenvalue weighted by molar-refractivity contribution is -0.133. The molecule has 1 aliphatic rings. The van der Waals surface area contributed by atoms with E-state index in [2.05, 4.69) is 46.9 Å². The molecule has 1 unspecified atom stereocenters. The second-order valence-corrected chi connectivity index (χ2v) is 9.73. The zero-order valence-electron chi connectivity index (χ0n) is 19.2. The van der Waals surface area contributed by atoms with Gasteiger partial charge in [0, 0.05) is 46.6 Å². The second-order valence-electron chi connectivity index (χ2n) is 8.82. The monoisotopic (exact) mass is 521 g/mol. The van der Waals surface area contributed by atoms with Crippen molar-refractivity contribution in [2.75, 3.05) is 13.1 Å². The fraction of sp³-hybridized carbons (Fsp3) is 0.296. The normalized spacial score (nSPS) is 14.5. The van der Waals surface area contributed by atoms with Crippen molar-refractivity contribution in [2.45, 2.75) is 38.3 Å². The molecular weight excluding hydrogens is 494 g/mol. The summed E-state index contributed by atoms with van der Waals surface area (Å²) in [5, 5.41) is 3.80. The van der Waals surface area contributed by atoms with Gasteiger partial charge in [0.15, 0.2) is 5.78 Å². The molecule has 0 saturated carbocycles. The maximum absolute atomic E-state index is 13.2. The SMILES string of the molecule is C=CC(=O)N1CC(NC(=O)Cn2cc(C(=O)CCC(C)c3ccccc3)c3cc(Br)ccc32)C1. The fourth-order valence-corrected chi connectivity index (χ4v) is 4.72. The Bertz CT molecular complexity index is 1230. The van der Waals surface area contributed by atoms with E-state index in [4.69, 9.17) is 0 Å². The van der Waals surface area contributed by atoms with Crippen molar-refractivity contribution < 1.29 is 14.4 Å². The van der Waals surface area contributed by atoms with Gasteiger partial charge in [-0.3, -0.25) is 14.4 Å². The smallest absolute Gasteiger partial charge is 0.246 e. The molecule has 0 bridgehead atoms. The highest BCUT2D eigenvalue weighted by atomic mass is 79.9. The van der Waals surface area contributed by atoms with Crippen LogP contribution in [0.3, 0.4) is 0 Å². The van der Waals surface area contributed by atoms with Crippen LogP contribution in [0.2, 0.25) is 0 Å². The number of amides is 2. The van der Waals surface area contributed by atoms with Gasteiger partial charge in [0.05, 0.1) is 6.04 Å². The van der Waals surface area contributed by atoms with Gasteiger partial charge in [-0.25, -0.2) is 0 Å². The molecule has 0 spiro atoms. The first kappa shape index (κ1) is 24.0. The summed E-state index contributed by atoms with van der Waals surface area (Å²) in [6.07, 6.45) is 4.26. The number of carbonyl (C=O) groups excluding carboxylic acids is 3. The number of fused-ring (bicyclic) bond motifs is 1. The van der Waals surface area contributed by atoms with Crippen molar-refractivity contribution in [2.24, 2.45) is 0 Å². The van der Waals surface area contributed by atoms with E-state index in [9.17, 15) is 14.4 Å². The molecule has 1 aliphatic heterocycles. The van der Waals surface area contributed by atoms with Gasteiger partial charge in [-0.1, -0.05) is 59.8 Å². The number of hydrogen-bond acceptors (Lipinski definition) is 3. The van der Waals surface area contributed by atoms with Crippen LogP contribution in [0.1, 0.15) is 41.6 Å². The van der Waals surface area contributed by atoms with Gasteiger partial charge >= 0.3 is 0 Å². The zero-order chi connectivity index (χ0) is 24.2. The van der Waals surface area contributed by atoms with Crippen molar-refractivity contribution >= 4 is 44.4 Å². The third kappa shape index (κ3) is 5.30. The van der Waals surface area contributed by atoms with Crippen LogP contribution in [0.5, 0.6) is 0 Å². The lowest BCUT2D eigenvalue weighted by atomic mass is 9.94. The average Bonchev–Trinajstić information content (AvgIpc) is 3.16. The van der Waals surface area contributed by atoms with E-state index in [-0.39, 0.29) is 36.1 Å². The van der Waals surface area contributed by atoms with Crippen LogP contribution in [0.15, 0.2) is 71.9 Å². The first-order valence-electron chi connectivity index (χ1n) is 11.4. The Labute approximate surface area is 207 Å². The summed E-state index contributed by atoms with van der Waals surface area (Å²) in [5.74, 6) is 0.0816. The summed E-state index contributed by atoms with van der Waals surface area (Å²) in [4.78, 5) is 39.1. The Balaban J connectivity index is 1.44. The summed E-state index contributed by atoms with van der Waals surface area (Å²) in [5.41, 5.74) is 2.70. The molecule has 7 heteroatoms. The Morgan fingerprint density at radius 2 is 1.91 bits per heavy atom. The molecule has 2 aromatic carbocycles. The van der Waals surface area contributed by atoms with Crippen LogP contribution in [-0.4, -0.2) is 46.2 Å². The minimum atomic E-state index is -0.146. The molecule has 4 rings (SSSR count). The number of hydrogen-bond donors (Lipinski definition) is 1. The molecule has 0 aliphatic carbocycles. The Hall–Kier alpha value is -3.19. The maximum Gasteiger partial charge on any atom is 0.246 e. The van der Waals surface area contributed by atoms with Crippen molar-refractivity contribution in [3.8, 4) is 0 Å². The molecule has 1 aromatic heterocycles. The first-order valence-corrected chi connectivity index (χ1v) is 12.2. The van der Waals surface area contributed by atoms with E-state index >= 15 is 0 Å². The molecular formula is C27H28BrN3O3. The highest BCUT2D eigenvalue weighted by Crippen LogP contribution is 2.28. The van der Waals surface area contributed by atoms with Crippen molar-refractivity contribution in [3.63, 3.8) is 0 Å². The number of ketones is 1. The van der Waals surface area contributed by atoms with Crippen LogP contribution in [0.4, 0.5) is 0 Å². The van der Waals surface area contributed by atoms with E-state index in [0.717, 1.165) is 21.8 Å². The molecule has 2 heterocycles. The standard InChI is InChI=1S/C27H28BrN3O3/c1-3-27(34)31-14-21(15-31)29-26(33)17-30-16-23(22-13-20(28)10-11-24(22)30)25(32)12-9-18(2)19-7-5-4-6-8-19/h3-8,10-11,13,16,18,21H,1,9,12,14-15,17H2,2H3,(H,29,33). The van der Waals surface area contributed by atoms with Gasteiger partial charge in [-0.15, -0.1) is 0 Å². The van der Waals surface area contributed by atoms with Gasteiger partial charge in [-0.2, -0.15) is 0 Å². The molecule has 176 valence electrons. The van der Waals surface area contributed by atoms with Crippen molar-refractivity contribution in [1.29, 1.82) is 0 Å². The third-order valence-corrected chi connectivity index (χ3v) is 6.86. The van der Waals surface area contributed by atoms with Crippen LogP contribution >= 0.6 is 15.9 Å². The number of nitrogens with zero attached hydrogens (tertiary/aromatic N) is 2. The molecule has 34 heavy (non-hydrogen) atoms. The number of benzene rings is 2. The zero-order valence-corrected chi connectivity index (χ0v) is 20.8. The molecule has 2 amide bonds. The lowest BCUT2D eigenvalue weighted by Crippen LogP contribution is -2.61. The highest BCUT2D eigenvalue weighted by molar-refractivity contribution is 9.10. The number of nitrogens with one attached hydrogen (secondary N) is 1. The minimum Gasteiger partial charge on any atom is -0.348 e. The van der Waals surface area contributed by atoms with Gasteiger partial charge < -0.3 is 14.8 Å². The summed E-state index contributed by atoms with van der Waals surface area (Å²) in [6.45, 7) is 6.70. The molecule has 1 atom stereocenters. The van der Waals surface area contributed by atoms with Crippen molar-refractivity contribution in [1.82, 2.24) is 14.8 Å². The predicted molar refractivity (Wildman–Crippen MR) is 137 cm³/mol. The molecule has 1 N–H and O–H groups in total. The molecule has 6 nitrogen and oxygen atoms in total. The Kier molecular flexibility index (Phi) is 7.32. The van der Waals surface area contributed by atoms with E-state index in [1.807, 2.05) is 41.0 Å². The number of halogens is 1. The third-order valence-electron chi connectivity index (χ3n) is 6.36. The number of aromatic nitrogens is 1. The van der Waals surface area contributed by atoms with Crippen LogP contribution in [0, 0.1) is 0 Å². The van der Waals surface area contributed by atoms with Gasteiger partial charge in [0.2, 0.25) is 11.8 Å². The van der Waals surface area contributed by atoms with Crippen LogP contribution < -0.4 is 5.32 Å². The fourth-order valence-electron chi connectivity index (χ4n) is 4.36. The number of likely N-dealkylation sites (tertiary alicyclic amines) is 1. The lowest BCUT2D eigenvalue weighted by Gasteiger charge is -2.38. The topological polar surface area (TPSA) is 71.4 Å². The Morgan fingerprint density at radius 1 is 1.18 bits per heavy atom. The van der Waals surface area contributed by atoms with Gasteiger partial charge in [0.1, 0.15) is 6.54 Å². The van der Waals surface area contributed by atoms with Gasteiger partial charge in [-0.05, 0) is 42.2 Å². The summed E-state index contributed by atoms with van der Waals surface area (Å²) in [6, 6.07) is 15.9. The second kappa shape index (κ2) is 10.4. The number of carbonyl (C=O) groups is 3. The number of rotatable bonds is 9. The molecule has 1 saturated heterocycles. The van der Waals surface area contributed by atoms with E-state index in [1.54, 1.807) is 11.1 Å². The van der Waals surface area contributed by atoms with E-state index in [0.29, 0.717) is 25.1 Å². The predicted octanol–water partition coefficient (Wildman–Crippen LogP) is 4.68. The number of Topliss-reactive ketones (excluding diaryl/α,β-unsaturated/α-hetero) is 1. The average molecular weight is 522 g/mol. The summed E-state index contributed by atoms with van der Waals surface area (Å²) in [7, 11) is 0. The van der Waals surface area contributed by atoms with E-state index < -0.39 is 0 Å². The molecule has 3 aromatic rings. The van der Waals surface area contributed by atoms with E-state index in [1.165, 1.54) is 11.6 Å². The highest BCUT2D eigenvalue weighted by Gasteiger charge is 2.30. The Morgan fingerprint density at radius 3 is 2.62 bits per heavy atom. The molecule has 0 radical (unpaired) electrons. The van der Waals surface area contributed by atoms with Gasteiger partial charge in [0.25, 0.3) is 0 Å². The quantitative estimate of drug-likeness (QED) is 0.328. The summed E-state index contributed by atoms with van der Waals surface area (Å²) >= 11 is 3.50. The first-order chi connectivity index (χ1) is 16.4. The summed E-state index contributed by atoms with van der Waals surface area (Å²) < 4.78 is 2.71. The van der Waals surface area contributed by atoms with Crippen LogP contribution in [0.25, 0.3) is 10.9 Å². The molecule has 1 fully saturated rings. The maximum atomic E-state index is 13.2.